The third-order valence-corrected chi connectivity index (χ3v) is 5.46. The van der Waals surface area contributed by atoms with Gasteiger partial charge in [-0.3, -0.25) is 9.59 Å². The van der Waals surface area contributed by atoms with E-state index in [4.69, 9.17) is 20.3 Å². The Morgan fingerprint density at radius 1 is 0.848 bits per heavy atom. The molecule has 0 aliphatic carbocycles. The zero-order chi connectivity index (χ0) is 24.1. The molecule has 33 heavy (non-hydrogen) atoms. The first kappa shape index (κ1) is 26.4. The normalized spacial score (nSPS) is 12.2. The van der Waals surface area contributed by atoms with E-state index in [1.54, 1.807) is 0 Å². The van der Waals surface area contributed by atoms with Crippen LogP contribution in [0.15, 0.2) is 59.5 Å². The summed E-state index contributed by atoms with van der Waals surface area (Å²) in [7, 11) is -3.79. The van der Waals surface area contributed by atoms with E-state index in [9.17, 15) is 18.0 Å². The third kappa shape index (κ3) is 10.1. The maximum absolute atomic E-state index is 12.0. The first-order valence-corrected chi connectivity index (χ1v) is 12.0. The first-order chi connectivity index (χ1) is 15.8. The lowest BCUT2D eigenvalue weighted by molar-refractivity contribution is -0.122. The summed E-state index contributed by atoms with van der Waals surface area (Å²) in [6.07, 6.45) is 0.471. The molecule has 0 aliphatic rings. The molecule has 0 saturated carbocycles. The quantitative estimate of drug-likeness (QED) is 0.273. The molecule has 0 radical (unpaired) electrons. The van der Waals surface area contributed by atoms with Crippen LogP contribution < -0.4 is 21.5 Å². The van der Waals surface area contributed by atoms with Crippen LogP contribution in [0.5, 0.6) is 0 Å². The second-order valence-corrected chi connectivity index (χ2v) is 8.70. The number of amides is 2. The highest BCUT2D eigenvalue weighted by Gasteiger charge is 2.13. The topological polar surface area (TPSA) is 163 Å². The molecular weight excluding hydrogens is 448 g/mol. The van der Waals surface area contributed by atoms with E-state index in [1.807, 2.05) is 30.3 Å². The van der Waals surface area contributed by atoms with Crippen molar-refractivity contribution in [1.29, 1.82) is 0 Å². The van der Waals surface area contributed by atoms with Gasteiger partial charge in [-0.05, 0) is 36.2 Å². The number of nitrogens with two attached hydrogens (primary N) is 2. The average Bonchev–Trinajstić information content (AvgIpc) is 2.80. The van der Waals surface area contributed by atoms with Crippen molar-refractivity contribution in [3.8, 4) is 0 Å². The summed E-state index contributed by atoms with van der Waals surface area (Å²) in [5, 5.41) is 10.4. The standard InChI is InChI=1S/C22H30N4O6S/c23-20(16-17-4-2-1-3-5-17)22(28)26-11-13-32-15-14-31-12-10-25-21(27)18-6-8-19(9-7-18)33(24,29)30/h1-9,20H,10-16,23H2,(H,25,27)(H,26,28)(H2,24,29,30)/t20-/m0/s1. The summed E-state index contributed by atoms with van der Waals surface area (Å²) in [6.45, 7) is 1.93. The summed E-state index contributed by atoms with van der Waals surface area (Å²) < 4.78 is 33.2. The van der Waals surface area contributed by atoms with Gasteiger partial charge in [-0.15, -0.1) is 0 Å². The van der Waals surface area contributed by atoms with E-state index in [2.05, 4.69) is 10.6 Å². The number of carbonyl (C=O) groups is 2. The van der Waals surface area contributed by atoms with Gasteiger partial charge in [-0.1, -0.05) is 30.3 Å². The molecule has 2 aromatic carbocycles. The van der Waals surface area contributed by atoms with Crippen molar-refractivity contribution in [2.24, 2.45) is 10.9 Å². The molecule has 0 saturated heterocycles. The summed E-state index contributed by atoms with van der Waals surface area (Å²) in [5.74, 6) is -0.578. The minimum Gasteiger partial charge on any atom is -0.377 e. The molecule has 0 spiro atoms. The molecule has 180 valence electrons. The van der Waals surface area contributed by atoms with Crippen molar-refractivity contribution in [3.63, 3.8) is 0 Å². The van der Waals surface area contributed by atoms with Crippen LogP contribution in [0.2, 0.25) is 0 Å². The number of benzene rings is 2. The highest BCUT2D eigenvalue weighted by molar-refractivity contribution is 7.89. The number of hydrogen-bond acceptors (Lipinski definition) is 7. The SMILES string of the molecule is N[C@@H](Cc1ccccc1)C(=O)NCCOCCOCCNC(=O)c1ccc(S(N)(=O)=O)cc1. The molecule has 2 rings (SSSR count). The fourth-order valence-electron chi connectivity index (χ4n) is 2.79. The monoisotopic (exact) mass is 478 g/mol. The third-order valence-electron chi connectivity index (χ3n) is 4.53. The smallest absolute Gasteiger partial charge is 0.251 e. The number of sulfonamides is 1. The lowest BCUT2D eigenvalue weighted by atomic mass is 10.1. The molecule has 11 heteroatoms. The number of primary sulfonamides is 1. The number of rotatable bonds is 14. The van der Waals surface area contributed by atoms with Gasteiger partial charge >= 0.3 is 0 Å². The van der Waals surface area contributed by atoms with E-state index >= 15 is 0 Å². The van der Waals surface area contributed by atoms with Crippen molar-refractivity contribution >= 4 is 21.8 Å². The minimum atomic E-state index is -3.79. The van der Waals surface area contributed by atoms with Crippen molar-refractivity contribution in [3.05, 3.63) is 65.7 Å². The maximum Gasteiger partial charge on any atom is 0.251 e. The van der Waals surface area contributed by atoms with Gasteiger partial charge in [0.2, 0.25) is 15.9 Å². The lowest BCUT2D eigenvalue weighted by Gasteiger charge is -2.12. The Kier molecular flexibility index (Phi) is 10.9. The highest BCUT2D eigenvalue weighted by atomic mass is 32.2. The molecule has 0 heterocycles. The largest absolute Gasteiger partial charge is 0.377 e. The van der Waals surface area contributed by atoms with Crippen molar-refractivity contribution in [2.45, 2.75) is 17.4 Å². The molecule has 2 aromatic rings. The van der Waals surface area contributed by atoms with Crippen LogP contribution in [0.25, 0.3) is 0 Å². The molecule has 0 unspecified atom stereocenters. The summed E-state index contributed by atoms with van der Waals surface area (Å²) in [5.41, 5.74) is 7.23. The summed E-state index contributed by atoms with van der Waals surface area (Å²) >= 11 is 0. The molecule has 2 amide bonds. The van der Waals surface area contributed by atoms with Crippen molar-refractivity contribution < 1.29 is 27.5 Å². The minimum absolute atomic E-state index is 0.0584. The lowest BCUT2D eigenvalue weighted by Crippen LogP contribution is -2.43. The molecular formula is C22H30N4O6S. The van der Waals surface area contributed by atoms with Crippen LogP contribution in [-0.4, -0.2) is 65.8 Å². The zero-order valence-corrected chi connectivity index (χ0v) is 19.1. The van der Waals surface area contributed by atoms with Crippen molar-refractivity contribution in [2.75, 3.05) is 39.5 Å². The van der Waals surface area contributed by atoms with E-state index < -0.39 is 16.1 Å². The molecule has 10 nitrogen and oxygen atoms in total. The first-order valence-electron chi connectivity index (χ1n) is 10.4. The van der Waals surface area contributed by atoms with Gasteiger partial charge in [0.1, 0.15) is 0 Å². The second kappa shape index (κ2) is 13.7. The van der Waals surface area contributed by atoms with Crippen LogP contribution in [0, 0.1) is 0 Å². The highest BCUT2D eigenvalue weighted by Crippen LogP contribution is 2.08. The van der Waals surface area contributed by atoms with Gasteiger partial charge in [0.15, 0.2) is 0 Å². The molecule has 0 fully saturated rings. The van der Waals surface area contributed by atoms with Gasteiger partial charge in [-0.25, -0.2) is 13.6 Å². The number of carbonyl (C=O) groups excluding carboxylic acids is 2. The van der Waals surface area contributed by atoms with Crippen LogP contribution in [0.3, 0.4) is 0 Å². The average molecular weight is 479 g/mol. The molecule has 6 N–H and O–H groups in total. The van der Waals surface area contributed by atoms with Gasteiger partial charge in [0, 0.05) is 18.7 Å². The van der Waals surface area contributed by atoms with E-state index in [-0.39, 0.29) is 29.9 Å². The second-order valence-electron chi connectivity index (χ2n) is 7.14. The number of nitrogens with one attached hydrogen (secondary N) is 2. The van der Waals surface area contributed by atoms with Crippen molar-refractivity contribution in [1.82, 2.24) is 10.6 Å². The maximum atomic E-state index is 12.0. The van der Waals surface area contributed by atoms with Gasteiger partial charge in [-0.2, -0.15) is 0 Å². The predicted molar refractivity (Wildman–Crippen MR) is 123 cm³/mol. The van der Waals surface area contributed by atoms with Crippen LogP contribution >= 0.6 is 0 Å². The number of hydrogen-bond donors (Lipinski definition) is 4. The van der Waals surface area contributed by atoms with Crippen LogP contribution in [0.4, 0.5) is 0 Å². The summed E-state index contributed by atoms with van der Waals surface area (Å²) in [4.78, 5) is 23.9. The Labute approximate surface area is 193 Å². The Bertz CT molecular complexity index is 984. The Morgan fingerprint density at radius 2 is 1.42 bits per heavy atom. The van der Waals surface area contributed by atoms with Gasteiger partial charge in [0.25, 0.3) is 5.91 Å². The molecule has 0 bridgehead atoms. The Morgan fingerprint density at radius 3 is 2.00 bits per heavy atom. The van der Waals surface area contributed by atoms with Crippen LogP contribution in [0.1, 0.15) is 15.9 Å². The Hall–Kier alpha value is -2.83. The van der Waals surface area contributed by atoms with Crippen LogP contribution in [-0.2, 0) is 30.7 Å². The summed E-state index contributed by atoms with van der Waals surface area (Å²) in [6, 6.07) is 14.3. The number of ether oxygens (including phenoxy) is 2. The Balaban J connectivity index is 1.47. The van der Waals surface area contributed by atoms with E-state index in [1.165, 1.54) is 24.3 Å². The van der Waals surface area contributed by atoms with Gasteiger partial charge in [0.05, 0.1) is 37.4 Å². The fourth-order valence-corrected chi connectivity index (χ4v) is 3.31. The van der Waals surface area contributed by atoms with E-state index in [0.29, 0.717) is 38.3 Å². The molecule has 0 aliphatic heterocycles. The molecule has 0 aromatic heterocycles. The predicted octanol–water partition coefficient (Wildman–Crippen LogP) is -0.217. The van der Waals surface area contributed by atoms with Gasteiger partial charge < -0.3 is 25.8 Å². The zero-order valence-electron chi connectivity index (χ0n) is 18.2. The fraction of sp³-hybridized carbons (Fsp3) is 0.364. The molecule has 1 atom stereocenters. The van der Waals surface area contributed by atoms with E-state index in [0.717, 1.165) is 5.56 Å².